The van der Waals surface area contributed by atoms with E-state index in [-0.39, 0.29) is 11.7 Å². The number of carbonyl (C=O) groups is 1. The van der Waals surface area contributed by atoms with E-state index in [0.717, 1.165) is 43.3 Å². The van der Waals surface area contributed by atoms with E-state index in [9.17, 15) is 4.79 Å². The monoisotopic (exact) mass is 443 g/mol. The highest BCUT2D eigenvalue weighted by Crippen LogP contribution is 2.25. The Kier molecular flexibility index (Phi) is 6.56. The number of anilines is 2. The summed E-state index contributed by atoms with van der Waals surface area (Å²) in [5.41, 5.74) is 1.97. The molecule has 10 heteroatoms. The van der Waals surface area contributed by atoms with Crippen LogP contribution in [0.25, 0.3) is 10.7 Å². The van der Waals surface area contributed by atoms with E-state index in [0.29, 0.717) is 11.0 Å². The van der Waals surface area contributed by atoms with Crippen molar-refractivity contribution in [2.24, 2.45) is 0 Å². The number of thioether (sulfide) groups is 1. The van der Waals surface area contributed by atoms with Crippen LogP contribution in [0, 0.1) is 0 Å². The standard InChI is InChI=1S/C20H25N7OS2/c1-2-25-9-11-26(12-10-25)16-7-5-15(6-8-16)22-18(28)14-30-20-24-23-19(27(20)21)17-4-3-13-29-17/h3-8,13H,2,9-12,14,21H2,1H3,(H,22,28). The van der Waals surface area contributed by atoms with Gasteiger partial charge in [-0.2, -0.15) is 0 Å². The Morgan fingerprint density at radius 2 is 1.93 bits per heavy atom. The number of nitrogens with zero attached hydrogens (tertiary/aromatic N) is 5. The molecular formula is C20H25N7OS2. The molecule has 1 amide bonds. The molecule has 3 N–H and O–H groups in total. The minimum absolute atomic E-state index is 0.106. The highest BCUT2D eigenvalue weighted by molar-refractivity contribution is 7.99. The summed E-state index contributed by atoms with van der Waals surface area (Å²) in [5, 5.41) is 13.6. The number of hydrogen-bond donors (Lipinski definition) is 2. The van der Waals surface area contributed by atoms with Crippen molar-refractivity contribution in [1.29, 1.82) is 0 Å². The first-order valence-corrected chi connectivity index (χ1v) is 11.7. The van der Waals surface area contributed by atoms with Crippen LogP contribution in [0.2, 0.25) is 0 Å². The molecule has 1 aliphatic heterocycles. The van der Waals surface area contributed by atoms with Crippen LogP contribution in [0.1, 0.15) is 6.92 Å². The molecule has 3 heterocycles. The normalized spacial score (nSPS) is 14.8. The third-order valence-corrected chi connectivity index (χ3v) is 6.88. The first-order valence-electron chi connectivity index (χ1n) is 9.88. The number of thiophene rings is 1. The van der Waals surface area contributed by atoms with E-state index in [2.05, 4.69) is 44.4 Å². The molecule has 0 spiro atoms. The fourth-order valence-electron chi connectivity index (χ4n) is 3.35. The zero-order valence-electron chi connectivity index (χ0n) is 16.8. The molecule has 0 unspecified atom stereocenters. The van der Waals surface area contributed by atoms with Gasteiger partial charge in [0.2, 0.25) is 11.1 Å². The molecule has 0 bridgehead atoms. The zero-order valence-corrected chi connectivity index (χ0v) is 18.5. The molecule has 0 saturated carbocycles. The SMILES string of the molecule is CCN1CCN(c2ccc(NC(=O)CSc3nnc(-c4cccs4)n3N)cc2)CC1. The first kappa shape index (κ1) is 20.7. The van der Waals surface area contributed by atoms with Gasteiger partial charge in [-0.15, -0.1) is 21.5 Å². The molecule has 1 saturated heterocycles. The van der Waals surface area contributed by atoms with E-state index >= 15 is 0 Å². The van der Waals surface area contributed by atoms with Crippen LogP contribution in [0.5, 0.6) is 0 Å². The highest BCUT2D eigenvalue weighted by Gasteiger charge is 2.16. The Hall–Kier alpha value is -2.56. The molecule has 30 heavy (non-hydrogen) atoms. The number of benzene rings is 1. The minimum atomic E-state index is -0.106. The van der Waals surface area contributed by atoms with Gasteiger partial charge in [-0.3, -0.25) is 4.79 Å². The number of piperazine rings is 1. The van der Waals surface area contributed by atoms with Crippen LogP contribution >= 0.6 is 23.1 Å². The van der Waals surface area contributed by atoms with Crippen LogP contribution in [-0.4, -0.2) is 64.2 Å². The third-order valence-electron chi connectivity index (χ3n) is 5.07. The lowest BCUT2D eigenvalue weighted by Gasteiger charge is -2.35. The maximum atomic E-state index is 12.3. The fourth-order valence-corrected chi connectivity index (χ4v) is 4.72. The Labute approximate surface area is 184 Å². The predicted octanol–water partition coefficient (Wildman–Crippen LogP) is 2.59. The number of rotatable bonds is 7. The summed E-state index contributed by atoms with van der Waals surface area (Å²) in [7, 11) is 0. The quantitative estimate of drug-likeness (QED) is 0.428. The third kappa shape index (κ3) is 4.77. The van der Waals surface area contributed by atoms with Crippen molar-refractivity contribution in [2.45, 2.75) is 12.1 Å². The number of aromatic nitrogens is 3. The molecule has 8 nitrogen and oxygen atoms in total. The van der Waals surface area contributed by atoms with Gasteiger partial charge in [-0.25, -0.2) is 4.68 Å². The topological polar surface area (TPSA) is 92.3 Å². The Morgan fingerprint density at radius 1 is 1.17 bits per heavy atom. The van der Waals surface area contributed by atoms with Crippen molar-refractivity contribution >= 4 is 40.4 Å². The molecule has 0 aliphatic carbocycles. The van der Waals surface area contributed by atoms with E-state index in [1.54, 1.807) is 11.3 Å². The lowest BCUT2D eigenvalue weighted by molar-refractivity contribution is -0.113. The second-order valence-electron chi connectivity index (χ2n) is 6.96. The summed E-state index contributed by atoms with van der Waals surface area (Å²) >= 11 is 2.81. The summed E-state index contributed by atoms with van der Waals surface area (Å²) in [6.45, 7) is 7.54. The van der Waals surface area contributed by atoms with E-state index < -0.39 is 0 Å². The Balaban J connectivity index is 1.28. The molecule has 3 aromatic rings. The van der Waals surface area contributed by atoms with Crippen LogP contribution in [0.3, 0.4) is 0 Å². The zero-order chi connectivity index (χ0) is 20.9. The maximum absolute atomic E-state index is 12.3. The van der Waals surface area contributed by atoms with Crippen LogP contribution < -0.4 is 16.1 Å². The molecule has 2 aromatic heterocycles. The van der Waals surface area contributed by atoms with E-state index in [1.165, 1.54) is 22.1 Å². The number of amides is 1. The van der Waals surface area contributed by atoms with Gasteiger partial charge in [0.15, 0.2) is 5.82 Å². The molecule has 1 aliphatic rings. The van der Waals surface area contributed by atoms with E-state index in [4.69, 9.17) is 5.84 Å². The van der Waals surface area contributed by atoms with Crippen molar-refractivity contribution < 1.29 is 4.79 Å². The van der Waals surface area contributed by atoms with E-state index in [1.807, 2.05) is 29.6 Å². The van der Waals surface area contributed by atoms with Gasteiger partial charge in [0.05, 0.1) is 10.6 Å². The molecule has 158 valence electrons. The Morgan fingerprint density at radius 3 is 2.60 bits per heavy atom. The number of hydrogen-bond acceptors (Lipinski definition) is 8. The molecule has 0 atom stereocenters. The van der Waals surface area contributed by atoms with Gasteiger partial charge in [0, 0.05) is 37.6 Å². The van der Waals surface area contributed by atoms with Crippen LogP contribution in [0.15, 0.2) is 46.9 Å². The van der Waals surface area contributed by atoms with Gasteiger partial charge in [-0.1, -0.05) is 24.8 Å². The summed E-state index contributed by atoms with van der Waals surface area (Å²) in [5.74, 6) is 6.78. The Bertz CT molecular complexity index is 964. The summed E-state index contributed by atoms with van der Waals surface area (Å²) in [6, 6.07) is 11.9. The smallest absolute Gasteiger partial charge is 0.234 e. The van der Waals surface area contributed by atoms with Crippen molar-refractivity contribution in [3.63, 3.8) is 0 Å². The van der Waals surface area contributed by atoms with Crippen molar-refractivity contribution in [1.82, 2.24) is 19.8 Å². The molecule has 1 aromatic carbocycles. The van der Waals surface area contributed by atoms with Crippen molar-refractivity contribution in [2.75, 3.05) is 54.5 Å². The molecule has 4 rings (SSSR count). The minimum Gasteiger partial charge on any atom is -0.369 e. The number of nitrogen functional groups attached to an aromatic ring is 1. The van der Waals surface area contributed by atoms with Crippen molar-refractivity contribution in [3.05, 3.63) is 41.8 Å². The number of nitrogens with one attached hydrogen (secondary N) is 1. The average molecular weight is 444 g/mol. The van der Waals surface area contributed by atoms with Crippen LogP contribution in [-0.2, 0) is 4.79 Å². The highest BCUT2D eigenvalue weighted by atomic mass is 32.2. The number of carbonyl (C=O) groups excluding carboxylic acids is 1. The van der Waals surface area contributed by atoms with Gasteiger partial charge in [0.1, 0.15) is 0 Å². The maximum Gasteiger partial charge on any atom is 0.234 e. The largest absolute Gasteiger partial charge is 0.369 e. The van der Waals surface area contributed by atoms with Gasteiger partial charge in [0.25, 0.3) is 0 Å². The van der Waals surface area contributed by atoms with Crippen LogP contribution in [0.4, 0.5) is 11.4 Å². The lowest BCUT2D eigenvalue weighted by atomic mass is 10.2. The first-order chi connectivity index (χ1) is 14.6. The molecular weight excluding hydrogens is 418 g/mol. The molecule has 0 radical (unpaired) electrons. The van der Waals surface area contributed by atoms with Gasteiger partial charge >= 0.3 is 0 Å². The van der Waals surface area contributed by atoms with Gasteiger partial charge in [-0.05, 0) is 42.3 Å². The van der Waals surface area contributed by atoms with Crippen molar-refractivity contribution in [3.8, 4) is 10.7 Å². The fraction of sp³-hybridized carbons (Fsp3) is 0.350. The predicted molar refractivity (Wildman–Crippen MR) is 124 cm³/mol. The summed E-state index contributed by atoms with van der Waals surface area (Å²) in [6.07, 6.45) is 0. The second kappa shape index (κ2) is 9.50. The lowest BCUT2D eigenvalue weighted by Crippen LogP contribution is -2.46. The molecule has 1 fully saturated rings. The number of nitrogens with two attached hydrogens (primary N) is 1. The number of likely N-dealkylation sites (N-methyl/N-ethyl adjacent to an activating group) is 1. The summed E-state index contributed by atoms with van der Waals surface area (Å²) in [4.78, 5) is 18.1. The average Bonchev–Trinajstić information content (AvgIpc) is 3.43. The second-order valence-corrected chi connectivity index (χ2v) is 8.85. The van der Waals surface area contributed by atoms with Gasteiger partial charge < -0.3 is 21.0 Å². The summed E-state index contributed by atoms with van der Waals surface area (Å²) < 4.78 is 1.43.